The second-order valence-corrected chi connectivity index (χ2v) is 6.15. The fraction of sp³-hybridized carbons (Fsp3) is 0.111. The van der Waals surface area contributed by atoms with Crippen LogP contribution in [0.2, 0.25) is 0 Å². The molecule has 0 heterocycles. The number of carbonyl (C=O) groups excluding carboxylic acids is 2. The Bertz CT molecular complexity index is 881. The zero-order chi connectivity index (χ0) is 20.0. The molecule has 0 atom stereocenters. The van der Waals surface area contributed by atoms with E-state index in [1.54, 1.807) is 0 Å². The normalized spacial score (nSPS) is 11.4. The number of hydrogen-bond donors (Lipinski definition) is 1. The second-order valence-electron chi connectivity index (χ2n) is 5.24. The van der Waals surface area contributed by atoms with E-state index in [2.05, 4.69) is 26.0 Å². The first-order valence-corrected chi connectivity index (χ1v) is 8.21. The van der Waals surface area contributed by atoms with Crippen LogP contribution in [0, 0.1) is 5.82 Å². The van der Waals surface area contributed by atoms with Gasteiger partial charge in [0, 0.05) is 10.5 Å². The first-order chi connectivity index (χ1) is 12.6. The summed E-state index contributed by atoms with van der Waals surface area (Å²) in [4.78, 5) is 23.2. The van der Waals surface area contributed by atoms with Crippen LogP contribution >= 0.6 is 15.9 Å². The van der Waals surface area contributed by atoms with Crippen molar-refractivity contribution in [2.24, 2.45) is 0 Å². The Morgan fingerprint density at radius 3 is 2.56 bits per heavy atom. The topological polar surface area (TPSA) is 55.4 Å². The Kier molecular flexibility index (Phi) is 6.73. The fourth-order valence-electron chi connectivity index (χ4n) is 1.94. The van der Waals surface area contributed by atoms with Gasteiger partial charge < -0.3 is 10.1 Å². The Morgan fingerprint density at radius 1 is 1.15 bits per heavy atom. The van der Waals surface area contributed by atoms with Crippen molar-refractivity contribution in [1.29, 1.82) is 0 Å². The highest BCUT2D eigenvalue weighted by molar-refractivity contribution is 9.10. The van der Waals surface area contributed by atoms with Crippen LogP contribution in [0.3, 0.4) is 0 Å². The molecular weight excluding hydrogens is 434 g/mol. The lowest BCUT2D eigenvalue weighted by atomic mass is 10.1. The molecule has 0 saturated carbocycles. The molecule has 4 nitrogen and oxygen atoms in total. The Hall–Kier alpha value is -2.68. The van der Waals surface area contributed by atoms with Crippen LogP contribution in [0.4, 0.5) is 23.2 Å². The molecule has 0 fully saturated rings. The van der Waals surface area contributed by atoms with Gasteiger partial charge in [-0.2, -0.15) is 13.2 Å². The molecule has 1 amide bonds. The van der Waals surface area contributed by atoms with Crippen LogP contribution in [-0.4, -0.2) is 18.5 Å². The van der Waals surface area contributed by atoms with Crippen molar-refractivity contribution in [3.63, 3.8) is 0 Å². The van der Waals surface area contributed by atoms with E-state index in [1.165, 1.54) is 24.3 Å². The summed E-state index contributed by atoms with van der Waals surface area (Å²) in [5, 5.41) is 2.23. The molecule has 1 N–H and O–H groups in total. The van der Waals surface area contributed by atoms with Crippen molar-refractivity contribution in [2.75, 3.05) is 11.9 Å². The highest BCUT2D eigenvalue weighted by Gasteiger charge is 2.30. The maximum atomic E-state index is 13.6. The molecule has 2 aromatic rings. The van der Waals surface area contributed by atoms with Gasteiger partial charge in [0.15, 0.2) is 6.61 Å². The number of esters is 1. The van der Waals surface area contributed by atoms with E-state index in [0.29, 0.717) is 4.47 Å². The van der Waals surface area contributed by atoms with E-state index in [9.17, 15) is 27.2 Å². The maximum absolute atomic E-state index is 13.6. The summed E-state index contributed by atoms with van der Waals surface area (Å²) in [5.74, 6) is -2.37. The summed E-state index contributed by atoms with van der Waals surface area (Å²) in [7, 11) is 0. The molecule has 27 heavy (non-hydrogen) atoms. The average Bonchev–Trinajstić information content (AvgIpc) is 2.60. The van der Waals surface area contributed by atoms with Gasteiger partial charge in [0.1, 0.15) is 5.82 Å². The van der Waals surface area contributed by atoms with Crippen LogP contribution < -0.4 is 5.32 Å². The van der Waals surface area contributed by atoms with Crippen LogP contribution in [0.5, 0.6) is 0 Å². The smallest absolute Gasteiger partial charge is 0.416 e. The van der Waals surface area contributed by atoms with Crippen molar-refractivity contribution in [3.8, 4) is 0 Å². The molecule has 0 aliphatic heterocycles. The van der Waals surface area contributed by atoms with Gasteiger partial charge in [0.2, 0.25) is 0 Å². The largest absolute Gasteiger partial charge is 0.452 e. The minimum Gasteiger partial charge on any atom is -0.452 e. The van der Waals surface area contributed by atoms with E-state index in [-0.39, 0.29) is 11.3 Å². The maximum Gasteiger partial charge on any atom is 0.416 e. The van der Waals surface area contributed by atoms with Gasteiger partial charge >= 0.3 is 12.1 Å². The minimum atomic E-state index is -4.50. The lowest BCUT2D eigenvalue weighted by Gasteiger charge is -2.07. The molecule has 0 bridgehead atoms. The van der Waals surface area contributed by atoms with Gasteiger partial charge in [-0.05, 0) is 42.0 Å². The molecule has 0 aromatic heterocycles. The van der Waals surface area contributed by atoms with Gasteiger partial charge in [0.05, 0.1) is 11.3 Å². The predicted octanol–water partition coefficient (Wildman–Crippen LogP) is 4.80. The molecule has 0 spiro atoms. The monoisotopic (exact) mass is 445 g/mol. The number of halogens is 5. The summed E-state index contributed by atoms with van der Waals surface area (Å²) in [6, 6.07) is 8.35. The quantitative estimate of drug-likeness (QED) is 0.408. The summed E-state index contributed by atoms with van der Waals surface area (Å²) in [5.41, 5.74) is -0.796. The second kappa shape index (κ2) is 8.81. The number of rotatable bonds is 5. The molecule has 2 aromatic carbocycles. The summed E-state index contributed by atoms with van der Waals surface area (Å²) >= 11 is 3.07. The molecule has 9 heteroatoms. The van der Waals surface area contributed by atoms with Crippen molar-refractivity contribution in [2.45, 2.75) is 6.18 Å². The third-order valence-electron chi connectivity index (χ3n) is 3.18. The van der Waals surface area contributed by atoms with Crippen LogP contribution in [0.1, 0.15) is 11.1 Å². The first-order valence-electron chi connectivity index (χ1n) is 7.42. The average molecular weight is 446 g/mol. The standard InChI is InChI=1S/C18H12BrF4NO3/c19-13-5-6-15(14(20)9-13)24-16(25)10-27-17(26)7-4-11-2-1-3-12(8-11)18(21,22)23/h1-9H,10H2,(H,24,25)/b7-4+. The Balaban J connectivity index is 1.88. The SMILES string of the molecule is O=C(COC(=O)/C=C/c1cccc(C(F)(F)F)c1)Nc1ccc(Br)cc1F. The fourth-order valence-corrected chi connectivity index (χ4v) is 2.28. The van der Waals surface area contributed by atoms with E-state index >= 15 is 0 Å². The lowest BCUT2D eigenvalue weighted by Crippen LogP contribution is -2.20. The van der Waals surface area contributed by atoms with Crippen molar-refractivity contribution in [3.05, 3.63) is 70.0 Å². The van der Waals surface area contributed by atoms with Crippen molar-refractivity contribution in [1.82, 2.24) is 0 Å². The molecular formula is C18H12BrF4NO3. The van der Waals surface area contributed by atoms with E-state index < -0.39 is 36.0 Å². The van der Waals surface area contributed by atoms with Gasteiger partial charge in [-0.25, -0.2) is 9.18 Å². The number of amides is 1. The number of carbonyl (C=O) groups is 2. The van der Waals surface area contributed by atoms with Gasteiger partial charge in [-0.3, -0.25) is 4.79 Å². The van der Waals surface area contributed by atoms with E-state index in [0.717, 1.165) is 30.4 Å². The number of nitrogens with one attached hydrogen (secondary N) is 1. The molecule has 0 aliphatic rings. The molecule has 0 unspecified atom stereocenters. The number of benzene rings is 2. The number of ether oxygens (including phenoxy) is 1. The van der Waals surface area contributed by atoms with Crippen LogP contribution in [0.25, 0.3) is 6.08 Å². The Labute approximate surface area is 160 Å². The van der Waals surface area contributed by atoms with Gasteiger partial charge in [-0.1, -0.05) is 28.1 Å². The Morgan fingerprint density at radius 2 is 1.89 bits per heavy atom. The molecule has 0 aliphatic carbocycles. The third kappa shape index (κ3) is 6.52. The summed E-state index contributed by atoms with van der Waals surface area (Å²) in [6.07, 6.45) is -2.47. The molecule has 142 valence electrons. The minimum absolute atomic E-state index is 0.0845. The molecule has 0 saturated heterocycles. The van der Waals surface area contributed by atoms with Crippen LogP contribution in [-0.2, 0) is 20.5 Å². The van der Waals surface area contributed by atoms with Gasteiger partial charge in [0.25, 0.3) is 5.91 Å². The molecule has 0 radical (unpaired) electrons. The summed E-state index contributed by atoms with van der Waals surface area (Å²) in [6.45, 7) is -0.679. The van der Waals surface area contributed by atoms with E-state index in [4.69, 9.17) is 0 Å². The van der Waals surface area contributed by atoms with Crippen molar-refractivity contribution < 1.29 is 31.9 Å². The number of anilines is 1. The highest BCUT2D eigenvalue weighted by Crippen LogP contribution is 2.29. The lowest BCUT2D eigenvalue weighted by molar-refractivity contribution is -0.142. The number of hydrogen-bond acceptors (Lipinski definition) is 3. The summed E-state index contributed by atoms with van der Waals surface area (Å²) < 4.78 is 56.6. The van der Waals surface area contributed by atoms with Crippen LogP contribution in [0.15, 0.2) is 53.0 Å². The van der Waals surface area contributed by atoms with Crippen molar-refractivity contribution >= 4 is 39.6 Å². The predicted molar refractivity (Wildman–Crippen MR) is 94.2 cm³/mol. The number of alkyl halides is 3. The zero-order valence-corrected chi connectivity index (χ0v) is 15.1. The van der Waals surface area contributed by atoms with E-state index in [1.807, 2.05) is 0 Å². The first kappa shape index (κ1) is 20.6. The third-order valence-corrected chi connectivity index (χ3v) is 3.67. The highest BCUT2D eigenvalue weighted by atomic mass is 79.9. The zero-order valence-electron chi connectivity index (χ0n) is 13.5. The van der Waals surface area contributed by atoms with Gasteiger partial charge in [-0.15, -0.1) is 0 Å². The molecule has 2 rings (SSSR count).